The third-order valence-corrected chi connectivity index (χ3v) is 4.00. The van der Waals surface area contributed by atoms with E-state index in [1.807, 2.05) is 0 Å². The maximum atomic E-state index is 3.53. The Morgan fingerprint density at radius 2 is 1.62 bits per heavy atom. The first-order valence-electron chi connectivity index (χ1n) is 6.66. The van der Waals surface area contributed by atoms with Gasteiger partial charge in [-0.1, -0.05) is 34.6 Å². The zero-order valence-electron chi connectivity index (χ0n) is 12.6. The molecule has 0 aliphatic rings. The fourth-order valence-electron chi connectivity index (χ4n) is 2.02. The quantitative estimate of drug-likeness (QED) is 0.720. The summed E-state index contributed by atoms with van der Waals surface area (Å²) in [5, 5.41) is 3.53. The Bertz CT molecular complexity index is 187. The van der Waals surface area contributed by atoms with Gasteiger partial charge < -0.3 is 10.2 Å². The van der Waals surface area contributed by atoms with Gasteiger partial charge in [-0.05, 0) is 38.8 Å². The van der Waals surface area contributed by atoms with E-state index < -0.39 is 0 Å². The van der Waals surface area contributed by atoms with E-state index >= 15 is 0 Å². The Kier molecular flexibility index (Phi) is 6.57. The fraction of sp³-hybridized carbons (Fsp3) is 1.00. The second-order valence-corrected chi connectivity index (χ2v) is 6.17. The first kappa shape index (κ1) is 15.9. The maximum absolute atomic E-state index is 3.53. The van der Waals surface area contributed by atoms with E-state index in [0.717, 1.165) is 19.0 Å². The lowest BCUT2D eigenvalue weighted by atomic mass is 9.84. The molecule has 0 saturated heterocycles. The van der Waals surface area contributed by atoms with Crippen molar-refractivity contribution < 1.29 is 0 Å². The van der Waals surface area contributed by atoms with Crippen LogP contribution in [0, 0.1) is 11.3 Å². The van der Waals surface area contributed by atoms with E-state index in [0.29, 0.717) is 17.5 Å². The predicted molar refractivity (Wildman–Crippen MR) is 73.8 cm³/mol. The molecule has 0 saturated carbocycles. The standard InChI is InChI=1S/C14H32N2/c1-9-15-13(5)14(6,7)10-16(8)12(4)11(2)3/h11-13,15H,9-10H2,1-8H3. The third-order valence-electron chi connectivity index (χ3n) is 4.00. The molecule has 0 radical (unpaired) electrons. The summed E-state index contributed by atoms with van der Waals surface area (Å²) in [5.41, 5.74) is 0.313. The molecule has 0 aliphatic heterocycles. The molecular weight excluding hydrogens is 196 g/mol. The van der Waals surface area contributed by atoms with Gasteiger partial charge in [0.25, 0.3) is 0 Å². The molecule has 2 heteroatoms. The van der Waals surface area contributed by atoms with E-state index in [9.17, 15) is 0 Å². The Hall–Kier alpha value is -0.0800. The van der Waals surface area contributed by atoms with Crippen molar-refractivity contribution in [3.63, 3.8) is 0 Å². The van der Waals surface area contributed by atoms with Gasteiger partial charge in [0.15, 0.2) is 0 Å². The molecule has 0 spiro atoms. The summed E-state index contributed by atoms with van der Waals surface area (Å²) < 4.78 is 0. The predicted octanol–water partition coefficient (Wildman–Crippen LogP) is 2.99. The average Bonchev–Trinajstić information content (AvgIpc) is 2.16. The molecule has 0 bridgehead atoms. The minimum Gasteiger partial charge on any atom is -0.314 e. The molecule has 0 aromatic heterocycles. The fourth-order valence-corrected chi connectivity index (χ4v) is 2.02. The number of hydrogen-bond donors (Lipinski definition) is 1. The van der Waals surface area contributed by atoms with Crippen LogP contribution in [0.1, 0.15) is 48.5 Å². The second kappa shape index (κ2) is 6.61. The first-order chi connectivity index (χ1) is 7.22. The molecule has 2 unspecified atom stereocenters. The highest BCUT2D eigenvalue weighted by molar-refractivity contribution is 4.84. The molecule has 2 nitrogen and oxygen atoms in total. The van der Waals surface area contributed by atoms with Crippen molar-refractivity contribution in [1.29, 1.82) is 0 Å². The van der Waals surface area contributed by atoms with Gasteiger partial charge in [-0.2, -0.15) is 0 Å². The van der Waals surface area contributed by atoms with Crippen LogP contribution >= 0.6 is 0 Å². The summed E-state index contributed by atoms with van der Waals surface area (Å²) in [5.74, 6) is 0.718. The topological polar surface area (TPSA) is 15.3 Å². The van der Waals surface area contributed by atoms with E-state index in [2.05, 4.69) is 65.7 Å². The average molecular weight is 228 g/mol. The van der Waals surface area contributed by atoms with Crippen LogP contribution in [0.5, 0.6) is 0 Å². The Morgan fingerprint density at radius 1 is 1.12 bits per heavy atom. The minimum atomic E-state index is 0.313. The number of hydrogen-bond acceptors (Lipinski definition) is 2. The lowest BCUT2D eigenvalue weighted by molar-refractivity contribution is 0.116. The molecular formula is C14H32N2. The van der Waals surface area contributed by atoms with Gasteiger partial charge in [0, 0.05) is 18.6 Å². The second-order valence-electron chi connectivity index (χ2n) is 6.17. The number of nitrogens with zero attached hydrogens (tertiary/aromatic N) is 1. The van der Waals surface area contributed by atoms with Crippen LogP contribution in [0.4, 0.5) is 0 Å². The molecule has 0 amide bonds. The molecule has 0 aromatic carbocycles. The van der Waals surface area contributed by atoms with Crippen molar-refractivity contribution in [2.45, 2.75) is 60.5 Å². The van der Waals surface area contributed by atoms with Gasteiger partial charge in [-0.25, -0.2) is 0 Å². The Balaban J connectivity index is 4.34. The van der Waals surface area contributed by atoms with E-state index in [1.165, 1.54) is 0 Å². The van der Waals surface area contributed by atoms with Gasteiger partial charge in [0.05, 0.1) is 0 Å². The van der Waals surface area contributed by atoms with Gasteiger partial charge in [0.2, 0.25) is 0 Å². The first-order valence-corrected chi connectivity index (χ1v) is 6.66. The summed E-state index contributed by atoms with van der Waals surface area (Å²) in [4.78, 5) is 2.48. The highest BCUT2D eigenvalue weighted by Crippen LogP contribution is 2.23. The van der Waals surface area contributed by atoms with Crippen molar-refractivity contribution in [1.82, 2.24) is 10.2 Å². The van der Waals surface area contributed by atoms with Crippen LogP contribution in [-0.2, 0) is 0 Å². The van der Waals surface area contributed by atoms with Crippen molar-refractivity contribution in [2.75, 3.05) is 20.1 Å². The Labute approximate surface area is 103 Å². The highest BCUT2D eigenvalue weighted by atomic mass is 15.1. The maximum Gasteiger partial charge on any atom is 0.0102 e. The summed E-state index contributed by atoms with van der Waals surface area (Å²) in [6.45, 7) is 18.3. The molecule has 0 heterocycles. The Morgan fingerprint density at radius 3 is 2.00 bits per heavy atom. The number of rotatable bonds is 7. The summed E-state index contributed by atoms with van der Waals surface area (Å²) in [6, 6.07) is 1.20. The summed E-state index contributed by atoms with van der Waals surface area (Å²) in [6.07, 6.45) is 0. The molecule has 1 N–H and O–H groups in total. The van der Waals surface area contributed by atoms with Gasteiger partial charge in [-0.15, -0.1) is 0 Å². The normalized spacial score (nSPS) is 16.9. The van der Waals surface area contributed by atoms with E-state index in [-0.39, 0.29) is 0 Å². The zero-order chi connectivity index (χ0) is 12.9. The minimum absolute atomic E-state index is 0.313. The monoisotopic (exact) mass is 228 g/mol. The lowest BCUT2D eigenvalue weighted by Crippen LogP contribution is -2.48. The van der Waals surface area contributed by atoms with Crippen LogP contribution in [0.15, 0.2) is 0 Å². The molecule has 16 heavy (non-hydrogen) atoms. The molecule has 2 atom stereocenters. The highest BCUT2D eigenvalue weighted by Gasteiger charge is 2.28. The van der Waals surface area contributed by atoms with Crippen molar-refractivity contribution >= 4 is 0 Å². The van der Waals surface area contributed by atoms with Gasteiger partial charge in [0.1, 0.15) is 0 Å². The van der Waals surface area contributed by atoms with Crippen LogP contribution in [0.3, 0.4) is 0 Å². The van der Waals surface area contributed by atoms with Gasteiger partial charge >= 0.3 is 0 Å². The van der Waals surface area contributed by atoms with E-state index in [4.69, 9.17) is 0 Å². The molecule has 98 valence electrons. The summed E-state index contributed by atoms with van der Waals surface area (Å²) in [7, 11) is 2.24. The van der Waals surface area contributed by atoms with Crippen molar-refractivity contribution in [3.05, 3.63) is 0 Å². The molecule has 0 aliphatic carbocycles. The van der Waals surface area contributed by atoms with Crippen LogP contribution in [0.25, 0.3) is 0 Å². The third kappa shape index (κ3) is 4.84. The molecule has 0 rings (SSSR count). The van der Waals surface area contributed by atoms with Crippen LogP contribution < -0.4 is 5.32 Å². The zero-order valence-corrected chi connectivity index (χ0v) is 12.6. The van der Waals surface area contributed by atoms with E-state index in [1.54, 1.807) is 0 Å². The van der Waals surface area contributed by atoms with Crippen molar-refractivity contribution in [2.24, 2.45) is 11.3 Å². The van der Waals surface area contributed by atoms with Crippen LogP contribution in [0.2, 0.25) is 0 Å². The summed E-state index contributed by atoms with van der Waals surface area (Å²) >= 11 is 0. The SMILES string of the molecule is CCNC(C)C(C)(C)CN(C)C(C)C(C)C. The van der Waals surface area contributed by atoms with Crippen molar-refractivity contribution in [3.8, 4) is 0 Å². The largest absolute Gasteiger partial charge is 0.314 e. The smallest absolute Gasteiger partial charge is 0.0102 e. The van der Waals surface area contributed by atoms with Crippen LogP contribution in [-0.4, -0.2) is 37.1 Å². The van der Waals surface area contributed by atoms with Gasteiger partial charge in [-0.3, -0.25) is 0 Å². The molecule has 0 fully saturated rings. The molecule has 0 aromatic rings. The number of nitrogens with one attached hydrogen (secondary N) is 1. The lowest BCUT2D eigenvalue weighted by Gasteiger charge is -2.39.